The summed E-state index contributed by atoms with van der Waals surface area (Å²) in [5.41, 5.74) is 2.65. The second-order valence-corrected chi connectivity index (χ2v) is 8.42. The van der Waals surface area contributed by atoms with Crippen LogP contribution in [0, 0.1) is 12.7 Å². The van der Waals surface area contributed by atoms with Gasteiger partial charge in [0.25, 0.3) is 0 Å². The summed E-state index contributed by atoms with van der Waals surface area (Å²) < 4.78 is 13.4. The van der Waals surface area contributed by atoms with Crippen LogP contribution < -0.4 is 5.32 Å². The van der Waals surface area contributed by atoms with Crippen LogP contribution in [0.1, 0.15) is 48.6 Å². The minimum Gasteiger partial charge on any atom is -0.353 e. The molecule has 2 heterocycles. The number of benzene rings is 1. The van der Waals surface area contributed by atoms with E-state index in [1.807, 2.05) is 6.92 Å². The van der Waals surface area contributed by atoms with E-state index in [9.17, 15) is 9.18 Å². The molecule has 0 bridgehead atoms. The molecule has 1 atom stereocenters. The summed E-state index contributed by atoms with van der Waals surface area (Å²) in [4.78, 5) is 19.4. The number of aryl methyl sites for hydroxylation is 1. The Morgan fingerprint density at radius 1 is 1.40 bits per heavy atom. The molecule has 1 aliphatic heterocycles. The van der Waals surface area contributed by atoms with E-state index in [4.69, 9.17) is 4.98 Å². The van der Waals surface area contributed by atoms with Crippen LogP contribution in [-0.2, 0) is 16.8 Å². The Balaban J connectivity index is 1.87. The molecule has 1 aromatic heterocycles. The minimum atomic E-state index is -0.408. The first-order valence-corrected chi connectivity index (χ1v) is 9.36. The lowest BCUT2D eigenvalue weighted by Gasteiger charge is -2.35. The molecule has 0 radical (unpaired) electrons. The third-order valence-corrected chi connectivity index (χ3v) is 5.71. The fourth-order valence-corrected chi connectivity index (χ4v) is 4.00. The molecular formula is C19H24FN3OS. The number of rotatable bonds is 3. The first-order chi connectivity index (χ1) is 11.8. The smallest absolute Gasteiger partial charge is 0.242 e. The van der Waals surface area contributed by atoms with Crippen molar-refractivity contribution in [3.05, 3.63) is 51.2 Å². The molecule has 1 aromatic carbocycles. The predicted octanol–water partition coefficient (Wildman–Crippen LogP) is 3.56. The molecule has 1 unspecified atom stereocenters. The zero-order valence-electron chi connectivity index (χ0n) is 15.1. The van der Waals surface area contributed by atoms with Gasteiger partial charge in [0, 0.05) is 30.4 Å². The highest BCUT2D eigenvalue weighted by molar-refractivity contribution is 7.09. The molecule has 1 N–H and O–H groups in total. The van der Waals surface area contributed by atoms with Crippen molar-refractivity contribution in [2.24, 2.45) is 0 Å². The Bertz CT molecular complexity index is 781. The first kappa shape index (κ1) is 18.0. The molecule has 1 aliphatic rings. The lowest BCUT2D eigenvalue weighted by Crippen LogP contribution is -2.49. The number of thiazole rings is 1. The van der Waals surface area contributed by atoms with Crippen LogP contribution in [0.15, 0.2) is 23.6 Å². The van der Waals surface area contributed by atoms with Gasteiger partial charge in [-0.2, -0.15) is 0 Å². The van der Waals surface area contributed by atoms with Gasteiger partial charge in [-0.15, -0.1) is 11.3 Å². The third kappa shape index (κ3) is 3.90. The lowest BCUT2D eigenvalue weighted by molar-refractivity contribution is -0.129. The van der Waals surface area contributed by atoms with Crippen molar-refractivity contribution in [3.8, 4) is 0 Å². The molecular weight excluding hydrogens is 337 g/mol. The molecule has 3 rings (SSSR count). The van der Waals surface area contributed by atoms with E-state index in [2.05, 4.69) is 36.4 Å². The van der Waals surface area contributed by atoms with Crippen LogP contribution in [0.25, 0.3) is 0 Å². The molecule has 1 saturated heterocycles. The fourth-order valence-electron chi connectivity index (χ4n) is 3.10. The highest BCUT2D eigenvalue weighted by Crippen LogP contribution is 2.30. The highest BCUT2D eigenvalue weighted by Gasteiger charge is 2.32. The van der Waals surface area contributed by atoms with Crippen LogP contribution in [-0.4, -0.2) is 28.9 Å². The van der Waals surface area contributed by atoms with Crippen molar-refractivity contribution in [1.82, 2.24) is 15.2 Å². The standard InChI is InChI=1S/C19H24FN3OS/c1-12-9-13(20)5-6-15(12)16-17(24)21-7-8-23(16)10-14-11-25-18(22-14)19(2,3)4/h5-6,9,11,16H,7-8,10H2,1-4H3,(H,21,24). The molecule has 6 heteroatoms. The number of halogens is 1. The van der Waals surface area contributed by atoms with Crippen LogP contribution in [0.3, 0.4) is 0 Å². The van der Waals surface area contributed by atoms with Gasteiger partial charge in [-0.1, -0.05) is 26.8 Å². The van der Waals surface area contributed by atoms with E-state index < -0.39 is 6.04 Å². The summed E-state index contributed by atoms with van der Waals surface area (Å²) in [5.74, 6) is -0.314. The van der Waals surface area contributed by atoms with Crippen molar-refractivity contribution in [2.75, 3.05) is 13.1 Å². The Hall–Kier alpha value is -1.79. The van der Waals surface area contributed by atoms with Crippen molar-refractivity contribution >= 4 is 17.2 Å². The van der Waals surface area contributed by atoms with Gasteiger partial charge in [0.05, 0.1) is 10.7 Å². The Labute approximate surface area is 152 Å². The van der Waals surface area contributed by atoms with Gasteiger partial charge in [0.1, 0.15) is 11.9 Å². The number of carbonyl (C=O) groups is 1. The van der Waals surface area contributed by atoms with Gasteiger partial charge >= 0.3 is 0 Å². The van der Waals surface area contributed by atoms with Crippen molar-refractivity contribution in [3.63, 3.8) is 0 Å². The number of amides is 1. The summed E-state index contributed by atoms with van der Waals surface area (Å²) in [5, 5.41) is 6.09. The number of piperazine rings is 1. The molecule has 0 saturated carbocycles. The topological polar surface area (TPSA) is 45.2 Å². The van der Waals surface area contributed by atoms with E-state index in [1.165, 1.54) is 12.1 Å². The van der Waals surface area contributed by atoms with E-state index in [1.54, 1.807) is 17.4 Å². The average molecular weight is 361 g/mol. The second kappa shape index (κ2) is 6.84. The van der Waals surface area contributed by atoms with Crippen LogP contribution in [0.2, 0.25) is 0 Å². The average Bonchev–Trinajstić information content (AvgIpc) is 2.98. The fraction of sp³-hybridized carbons (Fsp3) is 0.474. The molecule has 4 nitrogen and oxygen atoms in total. The zero-order valence-corrected chi connectivity index (χ0v) is 15.9. The Morgan fingerprint density at radius 3 is 2.80 bits per heavy atom. The number of hydrogen-bond acceptors (Lipinski definition) is 4. The van der Waals surface area contributed by atoms with Gasteiger partial charge in [-0.3, -0.25) is 9.69 Å². The normalized spacial score (nSPS) is 19.1. The number of nitrogens with one attached hydrogen (secondary N) is 1. The number of carbonyl (C=O) groups excluding carboxylic acids is 1. The van der Waals surface area contributed by atoms with Gasteiger partial charge in [-0.25, -0.2) is 9.37 Å². The summed E-state index contributed by atoms with van der Waals surface area (Å²) in [6.45, 7) is 10.3. The summed E-state index contributed by atoms with van der Waals surface area (Å²) in [6, 6.07) is 4.21. The lowest BCUT2D eigenvalue weighted by atomic mass is 9.97. The van der Waals surface area contributed by atoms with Gasteiger partial charge in [0.2, 0.25) is 5.91 Å². The maximum Gasteiger partial charge on any atom is 0.242 e. The largest absolute Gasteiger partial charge is 0.353 e. The summed E-state index contributed by atoms with van der Waals surface area (Å²) in [6.07, 6.45) is 0. The molecule has 0 aliphatic carbocycles. The number of hydrogen-bond donors (Lipinski definition) is 1. The van der Waals surface area contributed by atoms with Crippen molar-refractivity contribution < 1.29 is 9.18 Å². The SMILES string of the molecule is Cc1cc(F)ccc1C1C(=O)NCCN1Cc1csc(C(C)(C)C)n1. The van der Waals surface area contributed by atoms with Crippen molar-refractivity contribution in [2.45, 2.75) is 45.7 Å². The molecule has 0 spiro atoms. The molecule has 134 valence electrons. The molecule has 1 amide bonds. The maximum absolute atomic E-state index is 13.4. The van der Waals surface area contributed by atoms with E-state index >= 15 is 0 Å². The molecule has 25 heavy (non-hydrogen) atoms. The zero-order chi connectivity index (χ0) is 18.2. The second-order valence-electron chi connectivity index (χ2n) is 7.56. The monoisotopic (exact) mass is 361 g/mol. The van der Waals surface area contributed by atoms with Crippen LogP contribution in [0.5, 0.6) is 0 Å². The maximum atomic E-state index is 13.4. The Kier molecular flexibility index (Phi) is 4.93. The Morgan fingerprint density at radius 2 is 2.16 bits per heavy atom. The van der Waals surface area contributed by atoms with Gasteiger partial charge in [-0.05, 0) is 30.2 Å². The van der Waals surface area contributed by atoms with Gasteiger partial charge in [0.15, 0.2) is 0 Å². The van der Waals surface area contributed by atoms with Gasteiger partial charge < -0.3 is 5.32 Å². The third-order valence-electron chi connectivity index (χ3n) is 4.40. The van der Waals surface area contributed by atoms with E-state index in [-0.39, 0.29) is 17.1 Å². The predicted molar refractivity (Wildman–Crippen MR) is 98.1 cm³/mol. The first-order valence-electron chi connectivity index (χ1n) is 8.48. The summed E-state index contributed by atoms with van der Waals surface area (Å²) in [7, 11) is 0. The summed E-state index contributed by atoms with van der Waals surface area (Å²) >= 11 is 1.66. The molecule has 1 fully saturated rings. The van der Waals surface area contributed by atoms with E-state index in [0.29, 0.717) is 13.1 Å². The minimum absolute atomic E-state index is 0.0230. The molecule has 2 aromatic rings. The van der Waals surface area contributed by atoms with Crippen LogP contribution >= 0.6 is 11.3 Å². The quantitative estimate of drug-likeness (QED) is 0.909. The van der Waals surface area contributed by atoms with Crippen molar-refractivity contribution in [1.29, 1.82) is 0 Å². The number of nitrogens with zero attached hydrogens (tertiary/aromatic N) is 2. The highest BCUT2D eigenvalue weighted by atomic mass is 32.1. The van der Waals surface area contributed by atoms with Crippen LogP contribution in [0.4, 0.5) is 4.39 Å². The number of aromatic nitrogens is 1. The van der Waals surface area contributed by atoms with E-state index in [0.717, 1.165) is 28.4 Å².